The van der Waals surface area contributed by atoms with Crippen LogP contribution in [0.1, 0.15) is 90.9 Å². The van der Waals surface area contributed by atoms with Gasteiger partial charge in [-0.25, -0.2) is 0 Å². The first kappa shape index (κ1) is 20.0. The average molecular weight is 365 g/mol. The molecule has 4 saturated carbocycles. The van der Waals surface area contributed by atoms with Gasteiger partial charge in [0.1, 0.15) is 11.6 Å². The minimum absolute atomic E-state index is 0.0153. The van der Waals surface area contributed by atoms with Gasteiger partial charge in [-0.05, 0) is 56.8 Å². The summed E-state index contributed by atoms with van der Waals surface area (Å²) in [7, 11) is 0. The molecule has 0 unspecified atom stereocenters. The van der Waals surface area contributed by atoms with Crippen molar-refractivity contribution in [3.05, 3.63) is 0 Å². The molecule has 148 valence electrons. The maximum atomic E-state index is 11.5. The highest BCUT2D eigenvalue weighted by atomic mass is 16.5. The zero-order valence-corrected chi connectivity index (χ0v) is 16.7. The molecule has 0 atom stereocenters. The van der Waals surface area contributed by atoms with Crippen molar-refractivity contribution in [2.75, 3.05) is 13.2 Å². The van der Waals surface area contributed by atoms with Gasteiger partial charge in [0.15, 0.2) is 0 Å². The Hall–Kier alpha value is -0.740. The van der Waals surface area contributed by atoms with Crippen LogP contribution in [0.2, 0.25) is 0 Å². The number of rotatable bonds is 12. The highest BCUT2D eigenvalue weighted by molar-refractivity contribution is 5.78. The van der Waals surface area contributed by atoms with E-state index in [9.17, 15) is 9.59 Å². The van der Waals surface area contributed by atoms with Crippen molar-refractivity contribution in [1.82, 2.24) is 0 Å². The van der Waals surface area contributed by atoms with E-state index in [2.05, 4.69) is 0 Å². The summed E-state index contributed by atoms with van der Waals surface area (Å²) in [5.74, 6) is 2.12. The molecule has 0 amide bonds. The first-order valence-corrected chi connectivity index (χ1v) is 10.8. The van der Waals surface area contributed by atoms with Gasteiger partial charge in [0, 0.05) is 45.3 Å². The number of carbonyl (C=O) groups is 2. The summed E-state index contributed by atoms with van der Waals surface area (Å²) in [5.41, 5.74) is -0.0306. The maximum absolute atomic E-state index is 11.5. The van der Waals surface area contributed by atoms with E-state index in [-0.39, 0.29) is 11.2 Å². The summed E-state index contributed by atoms with van der Waals surface area (Å²) in [5, 5.41) is 0. The number of ether oxygens (including phenoxy) is 2. The molecule has 0 aromatic heterocycles. The molecule has 4 aliphatic carbocycles. The fourth-order valence-electron chi connectivity index (χ4n) is 5.90. The molecular formula is C22H36O4. The van der Waals surface area contributed by atoms with Gasteiger partial charge in [-0.2, -0.15) is 0 Å². The molecule has 0 saturated heterocycles. The van der Waals surface area contributed by atoms with E-state index < -0.39 is 0 Å². The second-order valence-electron chi connectivity index (χ2n) is 9.02. The molecule has 4 bridgehead atoms. The Balaban J connectivity index is 1.51. The second-order valence-corrected chi connectivity index (χ2v) is 9.02. The standard InChI is InChI=1S/C22H36O4/c1-3-19(23)7-5-9-25-21-12-17-11-18(13-21)15-22(14-17,16-21)26-10-6-8-20(24)4-2/h17-18H,3-16H2,1-2H3. The van der Waals surface area contributed by atoms with Crippen LogP contribution in [0.3, 0.4) is 0 Å². The van der Waals surface area contributed by atoms with Gasteiger partial charge in [-0.3, -0.25) is 9.59 Å². The normalized spacial score (nSPS) is 35.0. The lowest BCUT2D eigenvalue weighted by molar-refractivity contribution is -0.237. The lowest BCUT2D eigenvalue weighted by atomic mass is 9.52. The number of ketones is 2. The van der Waals surface area contributed by atoms with Crippen LogP contribution in [0.15, 0.2) is 0 Å². The van der Waals surface area contributed by atoms with Crippen LogP contribution in [0.25, 0.3) is 0 Å². The Labute approximate surface area is 158 Å². The van der Waals surface area contributed by atoms with Crippen molar-refractivity contribution in [2.24, 2.45) is 11.8 Å². The summed E-state index contributed by atoms with van der Waals surface area (Å²) in [6, 6.07) is 0. The van der Waals surface area contributed by atoms with Crippen LogP contribution in [-0.4, -0.2) is 36.0 Å². The molecule has 0 aliphatic heterocycles. The molecule has 0 heterocycles. The van der Waals surface area contributed by atoms with E-state index in [1.54, 1.807) is 0 Å². The highest BCUT2D eigenvalue weighted by Crippen LogP contribution is 2.60. The Bertz CT molecular complexity index is 456. The van der Waals surface area contributed by atoms with Gasteiger partial charge in [-0.1, -0.05) is 13.8 Å². The van der Waals surface area contributed by atoms with E-state index in [1.807, 2.05) is 13.8 Å². The molecular weight excluding hydrogens is 328 g/mol. The third-order valence-corrected chi connectivity index (χ3v) is 6.76. The summed E-state index contributed by atoms with van der Waals surface area (Å²) in [6.07, 6.45) is 11.3. The summed E-state index contributed by atoms with van der Waals surface area (Å²) in [6.45, 7) is 5.26. The van der Waals surface area contributed by atoms with Crippen molar-refractivity contribution in [3.8, 4) is 0 Å². The van der Waals surface area contributed by atoms with Gasteiger partial charge in [0.2, 0.25) is 0 Å². The van der Waals surface area contributed by atoms with Crippen LogP contribution in [-0.2, 0) is 19.1 Å². The molecule has 0 aromatic rings. The van der Waals surface area contributed by atoms with Crippen molar-refractivity contribution in [3.63, 3.8) is 0 Å². The average Bonchev–Trinajstić information content (AvgIpc) is 2.60. The molecule has 4 rings (SSSR count). The molecule has 0 N–H and O–H groups in total. The summed E-state index contributed by atoms with van der Waals surface area (Å²) < 4.78 is 12.9. The van der Waals surface area contributed by atoms with Gasteiger partial charge >= 0.3 is 0 Å². The lowest BCUT2D eigenvalue weighted by Crippen LogP contribution is -2.61. The maximum Gasteiger partial charge on any atom is 0.132 e. The van der Waals surface area contributed by atoms with Gasteiger partial charge in [0.25, 0.3) is 0 Å². The van der Waals surface area contributed by atoms with Gasteiger partial charge < -0.3 is 9.47 Å². The van der Waals surface area contributed by atoms with Crippen molar-refractivity contribution in [2.45, 2.75) is 102 Å². The van der Waals surface area contributed by atoms with Crippen molar-refractivity contribution in [1.29, 1.82) is 0 Å². The van der Waals surface area contributed by atoms with E-state index in [1.165, 1.54) is 32.1 Å². The van der Waals surface area contributed by atoms with Gasteiger partial charge in [0.05, 0.1) is 11.2 Å². The first-order chi connectivity index (χ1) is 12.5. The second kappa shape index (κ2) is 8.52. The number of hydrogen-bond acceptors (Lipinski definition) is 4. The smallest absolute Gasteiger partial charge is 0.132 e. The topological polar surface area (TPSA) is 52.6 Å². The van der Waals surface area contributed by atoms with E-state index in [0.29, 0.717) is 50.5 Å². The summed E-state index contributed by atoms with van der Waals surface area (Å²) >= 11 is 0. The SMILES string of the molecule is CCC(=O)CCCOC12CC3CC(C1)CC(OCCCC(=O)CC)(C3)C2. The fraction of sp³-hybridized carbons (Fsp3) is 0.909. The van der Waals surface area contributed by atoms with Crippen LogP contribution >= 0.6 is 0 Å². The third-order valence-electron chi connectivity index (χ3n) is 6.76. The van der Waals surface area contributed by atoms with Crippen molar-refractivity contribution >= 4 is 11.6 Å². The van der Waals surface area contributed by atoms with Crippen LogP contribution in [0, 0.1) is 11.8 Å². The molecule has 4 aliphatic rings. The Morgan fingerprint density at radius 1 is 0.808 bits per heavy atom. The Kier molecular flexibility index (Phi) is 6.55. The number of carbonyl (C=O) groups excluding carboxylic acids is 2. The minimum Gasteiger partial charge on any atom is -0.375 e. The fourth-order valence-corrected chi connectivity index (χ4v) is 5.90. The molecule has 4 fully saturated rings. The van der Waals surface area contributed by atoms with E-state index in [4.69, 9.17) is 9.47 Å². The minimum atomic E-state index is -0.0153. The van der Waals surface area contributed by atoms with E-state index in [0.717, 1.165) is 31.1 Å². The molecule has 4 heteroatoms. The van der Waals surface area contributed by atoms with E-state index >= 15 is 0 Å². The molecule has 0 spiro atoms. The predicted octanol–water partition coefficient (Wildman–Crippen LogP) is 4.63. The predicted molar refractivity (Wildman–Crippen MR) is 101 cm³/mol. The van der Waals surface area contributed by atoms with Gasteiger partial charge in [-0.15, -0.1) is 0 Å². The summed E-state index contributed by atoms with van der Waals surface area (Å²) in [4.78, 5) is 23.0. The lowest BCUT2D eigenvalue weighted by Gasteiger charge is -2.61. The van der Waals surface area contributed by atoms with Crippen LogP contribution in [0.5, 0.6) is 0 Å². The third kappa shape index (κ3) is 4.75. The first-order valence-electron chi connectivity index (χ1n) is 10.8. The molecule has 0 radical (unpaired) electrons. The quantitative estimate of drug-likeness (QED) is 0.474. The zero-order chi connectivity index (χ0) is 18.6. The highest BCUT2D eigenvalue weighted by Gasteiger charge is 2.59. The Morgan fingerprint density at radius 2 is 1.23 bits per heavy atom. The molecule has 4 nitrogen and oxygen atoms in total. The zero-order valence-electron chi connectivity index (χ0n) is 16.7. The monoisotopic (exact) mass is 364 g/mol. The molecule has 26 heavy (non-hydrogen) atoms. The number of Topliss-reactive ketones (excluding diaryl/α,β-unsaturated/α-hetero) is 2. The van der Waals surface area contributed by atoms with Crippen LogP contribution < -0.4 is 0 Å². The Morgan fingerprint density at radius 3 is 1.62 bits per heavy atom. The molecule has 0 aromatic carbocycles. The number of hydrogen-bond donors (Lipinski definition) is 0. The van der Waals surface area contributed by atoms with Crippen LogP contribution in [0.4, 0.5) is 0 Å². The largest absolute Gasteiger partial charge is 0.375 e. The van der Waals surface area contributed by atoms with Crippen molar-refractivity contribution < 1.29 is 19.1 Å².